The van der Waals surface area contributed by atoms with Crippen LogP contribution < -0.4 is 0 Å². The maximum absolute atomic E-state index is 4.98. The molecule has 0 saturated carbocycles. The quantitative estimate of drug-likeness (QED) is 0.179. The first-order chi connectivity index (χ1) is 18.3. The largest absolute Gasteiger partial charge is 0.244 e. The van der Waals surface area contributed by atoms with Gasteiger partial charge < -0.3 is 0 Å². The highest BCUT2D eigenvalue weighted by Gasteiger charge is 2.11. The fraction of sp³-hybridized carbons (Fsp3) is 0. The Kier molecular flexibility index (Phi) is 4.42. The van der Waals surface area contributed by atoms with Crippen molar-refractivity contribution in [1.82, 2.24) is 9.97 Å². The molecule has 2 nitrogen and oxygen atoms in total. The molecule has 0 aliphatic carbocycles. The molecule has 172 valence electrons. The van der Waals surface area contributed by atoms with Gasteiger partial charge in [-0.25, -0.2) is 9.97 Å². The number of para-hydroxylation sites is 2. The summed E-state index contributed by atoms with van der Waals surface area (Å²) in [5, 5.41) is 4.97. The lowest BCUT2D eigenvalue weighted by atomic mass is 9.97. The zero-order chi connectivity index (χ0) is 24.3. The SMILES string of the molecule is c1ccc2nc3c(ccc4ccc(-c5ccc(-c6cccc7c6sc6ccccc67)cc5)cc43)nc2c1. The van der Waals surface area contributed by atoms with E-state index in [1.54, 1.807) is 0 Å². The van der Waals surface area contributed by atoms with E-state index in [2.05, 4.69) is 97.1 Å². The Morgan fingerprint density at radius 3 is 2.05 bits per heavy atom. The Morgan fingerprint density at radius 1 is 0.459 bits per heavy atom. The van der Waals surface area contributed by atoms with E-state index in [0.29, 0.717) is 0 Å². The summed E-state index contributed by atoms with van der Waals surface area (Å²) in [6, 6.07) is 43.2. The van der Waals surface area contributed by atoms with E-state index in [9.17, 15) is 0 Å². The van der Waals surface area contributed by atoms with Gasteiger partial charge in [-0.1, -0.05) is 91.0 Å². The normalized spacial score (nSPS) is 11.8. The number of aromatic nitrogens is 2. The minimum absolute atomic E-state index is 0.924. The number of hydrogen-bond acceptors (Lipinski definition) is 3. The van der Waals surface area contributed by atoms with Gasteiger partial charge in [0, 0.05) is 25.6 Å². The van der Waals surface area contributed by atoms with Crippen LogP contribution in [0.3, 0.4) is 0 Å². The van der Waals surface area contributed by atoms with Crippen molar-refractivity contribution in [3.63, 3.8) is 0 Å². The number of benzene rings is 6. The van der Waals surface area contributed by atoms with E-state index in [0.717, 1.165) is 27.5 Å². The molecule has 2 aromatic heterocycles. The molecule has 2 heterocycles. The van der Waals surface area contributed by atoms with Gasteiger partial charge in [0.15, 0.2) is 0 Å². The van der Waals surface area contributed by atoms with Crippen molar-refractivity contribution in [1.29, 1.82) is 0 Å². The second kappa shape index (κ2) is 7.95. The zero-order valence-electron chi connectivity index (χ0n) is 19.8. The smallest absolute Gasteiger partial charge is 0.0973 e. The summed E-state index contributed by atoms with van der Waals surface area (Å²) in [6.45, 7) is 0. The number of rotatable bonds is 2. The molecule has 0 bridgehead atoms. The summed E-state index contributed by atoms with van der Waals surface area (Å²) in [4.78, 5) is 9.83. The third kappa shape index (κ3) is 3.25. The average molecular weight is 489 g/mol. The molecule has 0 fully saturated rings. The van der Waals surface area contributed by atoms with Crippen LogP contribution in [-0.4, -0.2) is 9.97 Å². The van der Waals surface area contributed by atoms with Crippen LogP contribution in [0, 0.1) is 0 Å². The molecule has 0 spiro atoms. The zero-order valence-corrected chi connectivity index (χ0v) is 20.7. The van der Waals surface area contributed by atoms with Gasteiger partial charge in [0.1, 0.15) is 0 Å². The van der Waals surface area contributed by atoms with Gasteiger partial charge in [0.2, 0.25) is 0 Å². The predicted molar refractivity (Wildman–Crippen MR) is 158 cm³/mol. The average Bonchev–Trinajstić information content (AvgIpc) is 3.35. The first-order valence-corrected chi connectivity index (χ1v) is 13.2. The second-order valence-corrected chi connectivity index (χ2v) is 10.5. The van der Waals surface area contributed by atoms with Crippen molar-refractivity contribution < 1.29 is 0 Å². The molecule has 37 heavy (non-hydrogen) atoms. The molecule has 0 unspecified atom stereocenters. The highest BCUT2D eigenvalue weighted by molar-refractivity contribution is 7.26. The van der Waals surface area contributed by atoms with E-state index in [1.165, 1.54) is 47.8 Å². The van der Waals surface area contributed by atoms with Crippen LogP contribution >= 0.6 is 11.3 Å². The number of thiophene rings is 1. The maximum atomic E-state index is 4.98. The molecule has 0 radical (unpaired) electrons. The summed E-state index contributed by atoms with van der Waals surface area (Å²) >= 11 is 1.87. The maximum Gasteiger partial charge on any atom is 0.0973 e. The molecule has 8 aromatic rings. The standard InChI is InChI=1S/C34H20N2S/c1-4-11-32-26(6-1)27-8-5-7-25(34(27)37-32)22-14-12-21(13-15-22)24-17-16-23-18-19-31-33(28(23)20-24)36-30-10-3-2-9-29(30)35-31/h1-20H. The van der Waals surface area contributed by atoms with Gasteiger partial charge in [-0.05, 0) is 58.0 Å². The molecule has 3 heteroatoms. The van der Waals surface area contributed by atoms with Gasteiger partial charge in [-0.2, -0.15) is 0 Å². The molecular formula is C34H20N2S. The molecule has 0 N–H and O–H groups in total. The minimum atomic E-state index is 0.924. The molecule has 0 amide bonds. The summed E-state index contributed by atoms with van der Waals surface area (Å²) in [5.74, 6) is 0. The highest BCUT2D eigenvalue weighted by Crippen LogP contribution is 2.40. The van der Waals surface area contributed by atoms with Crippen molar-refractivity contribution in [3.8, 4) is 22.3 Å². The summed E-state index contributed by atoms with van der Waals surface area (Å²) < 4.78 is 2.68. The van der Waals surface area contributed by atoms with Crippen molar-refractivity contribution in [2.45, 2.75) is 0 Å². The molecule has 6 aromatic carbocycles. The van der Waals surface area contributed by atoms with Crippen LogP contribution in [-0.2, 0) is 0 Å². The number of nitrogens with zero attached hydrogens (tertiary/aromatic N) is 2. The minimum Gasteiger partial charge on any atom is -0.244 e. The third-order valence-corrected chi connectivity index (χ3v) is 8.48. The topological polar surface area (TPSA) is 25.8 Å². The fourth-order valence-corrected chi connectivity index (χ4v) is 6.64. The van der Waals surface area contributed by atoms with E-state index in [-0.39, 0.29) is 0 Å². The monoisotopic (exact) mass is 488 g/mol. The summed E-state index contributed by atoms with van der Waals surface area (Å²) in [5.41, 5.74) is 8.63. The van der Waals surface area contributed by atoms with Crippen molar-refractivity contribution in [2.75, 3.05) is 0 Å². The van der Waals surface area contributed by atoms with E-state index in [1.807, 2.05) is 35.6 Å². The third-order valence-electron chi connectivity index (χ3n) is 7.26. The number of hydrogen-bond donors (Lipinski definition) is 0. The highest BCUT2D eigenvalue weighted by atomic mass is 32.1. The van der Waals surface area contributed by atoms with Crippen LogP contribution in [0.5, 0.6) is 0 Å². The first-order valence-electron chi connectivity index (χ1n) is 12.4. The summed E-state index contributed by atoms with van der Waals surface area (Å²) in [6.07, 6.45) is 0. The van der Waals surface area contributed by atoms with E-state index >= 15 is 0 Å². The molecular weight excluding hydrogens is 468 g/mol. The Hall–Kier alpha value is -4.60. The van der Waals surface area contributed by atoms with Crippen LogP contribution in [0.1, 0.15) is 0 Å². The van der Waals surface area contributed by atoms with Crippen molar-refractivity contribution in [2.24, 2.45) is 0 Å². The van der Waals surface area contributed by atoms with E-state index in [4.69, 9.17) is 9.97 Å². The lowest BCUT2D eigenvalue weighted by Crippen LogP contribution is -1.89. The van der Waals surface area contributed by atoms with Crippen molar-refractivity contribution in [3.05, 3.63) is 121 Å². The molecule has 0 saturated heterocycles. The Balaban J connectivity index is 1.25. The molecule has 0 aliphatic rings. The van der Waals surface area contributed by atoms with Gasteiger partial charge in [0.05, 0.1) is 22.1 Å². The van der Waals surface area contributed by atoms with Crippen LogP contribution in [0.15, 0.2) is 121 Å². The van der Waals surface area contributed by atoms with Gasteiger partial charge >= 0.3 is 0 Å². The predicted octanol–water partition coefficient (Wildman–Crippen LogP) is 9.64. The Morgan fingerprint density at radius 2 is 1.16 bits per heavy atom. The lowest BCUT2D eigenvalue weighted by Gasteiger charge is -2.09. The Labute approximate surface area is 217 Å². The second-order valence-electron chi connectivity index (χ2n) is 9.44. The first kappa shape index (κ1) is 20.6. The van der Waals surface area contributed by atoms with Gasteiger partial charge in [-0.3, -0.25) is 0 Å². The molecule has 0 atom stereocenters. The van der Waals surface area contributed by atoms with Crippen LogP contribution in [0.4, 0.5) is 0 Å². The van der Waals surface area contributed by atoms with Gasteiger partial charge in [-0.15, -0.1) is 11.3 Å². The Bertz CT molecular complexity index is 2140. The molecule has 8 rings (SSSR count). The van der Waals surface area contributed by atoms with Gasteiger partial charge in [0.25, 0.3) is 0 Å². The molecule has 0 aliphatic heterocycles. The lowest BCUT2D eigenvalue weighted by molar-refractivity contribution is 1.41. The fourth-order valence-electron chi connectivity index (χ4n) is 5.40. The van der Waals surface area contributed by atoms with E-state index < -0.39 is 0 Å². The van der Waals surface area contributed by atoms with Crippen LogP contribution in [0.25, 0.3) is 75.3 Å². The van der Waals surface area contributed by atoms with Crippen LogP contribution in [0.2, 0.25) is 0 Å². The summed E-state index contributed by atoms with van der Waals surface area (Å²) in [7, 11) is 0. The number of fused-ring (bicyclic) bond motifs is 7. The van der Waals surface area contributed by atoms with Crippen molar-refractivity contribution >= 4 is 64.3 Å².